The number of hydrogen-bond acceptors (Lipinski definition) is 7. The monoisotopic (exact) mass is 561 g/mol. The van der Waals surface area contributed by atoms with Gasteiger partial charge in [-0.3, -0.25) is 4.79 Å². The van der Waals surface area contributed by atoms with Crippen molar-refractivity contribution in [2.45, 2.75) is 89.1 Å². The summed E-state index contributed by atoms with van der Waals surface area (Å²) in [6.07, 6.45) is -4.17. The fraction of sp³-hybridized carbons (Fsp3) is 0.750. The number of halogens is 3. The molecule has 1 aromatic rings. The molecule has 2 aliphatic heterocycles. The fourth-order valence-electron chi connectivity index (χ4n) is 4.42. The van der Waals surface area contributed by atoms with Gasteiger partial charge in [0.05, 0.1) is 30.4 Å². The highest BCUT2D eigenvalue weighted by Gasteiger charge is 2.47. The van der Waals surface area contributed by atoms with Gasteiger partial charge in [0.15, 0.2) is 8.32 Å². The first-order valence-corrected chi connectivity index (χ1v) is 15.6. The van der Waals surface area contributed by atoms with Crippen LogP contribution in [0, 0.1) is 0 Å². The second-order valence-electron chi connectivity index (χ2n) is 11.5. The molecule has 0 spiro atoms. The molecule has 2 amide bonds. The predicted octanol–water partition coefficient (Wildman–Crippen LogP) is 3.74. The Morgan fingerprint density at radius 1 is 1.21 bits per heavy atom. The number of rotatable bonds is 8. The minimum atomic E-state index is -4.52. The highest BCUT2D eigenvalue weighted by Crippen LogP contribution is 2.39. The minimum absolute atomic E-state index is 0.0736. The average molecular weight is 562 g/mol. The number of nitrogens with one attached hydrogen (secondary N) is 1. The lowest BCUT2D eigenvalue weighted by Gasteiger charge is -2.47. The molecule has 0 aliphatic carbocycles. The molecule has 214 valence electrons. The van der Waals surface area contributed by atoms with E-state index in [4.69, 9.17) is 14.3 Å². The molecule has 0 saturated carbocycles. The van der Waals surface area contributed by atoms with Gasteiger partial charge in [0, 0.05) is 38.4 Å². The molecule has 3 heterocycles. The van der Waals surface area contributed by atoms with Crippen LogP contribution >= 0.6 is 0 Å². The van der Waals surface area contributed by atoms with Gasteiger partial charge >= 0.3 is 12.3 Å². The summed E-state index contributed by atoms with van der Waals surface area (Å²) in [5.74, 6) is 0.0229. The maximum absolute atomic E-state index is 13.3. The number of aromatic nitrogens is 2. The predicted molar refractivity (Wildman–Crippen MR) is 136 cm³/mol. The van der Waals surface area contributed by atoms with Crippen molar-refractivity contribution in [2.24, 2.45) is 0 Å². The Morgan fingerprint density at radius 2 is 1.84 bits per heavy atom. The third-order valence-electron chi connectivity index (χ3n) is 7.53. The van der Waals surface area contributed by atoms with E-state index in [1.165, 1.54) is 0 Å². The molecule has 0 radical (unpaired) electrons. The highest BCUT2D eigenvalue weighted by atomic mass is 28.4. The first-order chi connectivity index (χ1) is 17.5. The minimum Gasteiger partial charge on any atom is -0.465 e. The van der Waals surface area contributed by atoms with Crippen LogP contribution in [-0.2, 0) is 20.1 Å². The Kier molecular flexibility index (Phi) is 8.98. The van der Waals surface area contributed by atoms with Crippen molar-refractivity contribution in [3.8, 4) is 0 Å². The molecular formula is C24H38F3N5O5Si. The quantitative estimate of drug-likeness (QED) is 0.461. The number of alkyl halides is 3. The molecule has 14 heteroatoms. The fourth-order valence-corrected chi connectivity index (χ4v) is 5.76. The van der Waals surface area contributed by atoms with Gasteiger partial charge in [0.1, 0.15) is 6.10 Å². The van der Waals surface area contributed by atoms with Crippen molar-refractivity contribution >= 4 is 26.3 Å². The van der Waals surface area contributed by atoms with Crippen LogP contribution in [0.1, 0.15) is 46.1 Å². The topological polar surface area (TPSA) is 117 Å². The van der Waals surface area contributed by atoms with E-state index < -0.39 is 44.4 Å². The Labute approximate surface area is 222 Å². The third-order valence-corrected chi connectivity index (χ3v) is 12.0. The summed E-state index contributed by atoms with van der Waals surface area (Å²) in [5.41, 5.74) is -0.910. The van der Waals surface area contributed by atoms with E-state index in [0.717, 1.165) is 12.4 Å². The molecule has 2 unspecified atom stereocenters. The summed E-state index contributed by atoms with van der Waals surface area (Å²) in [6.45, 7) is 13.6. The molecule has 10 nitrogen and oxygen atoms in total. The average Bonchev–Trinajstić information content (AvgIpc) is 3.15. The van der Waals surface area contributed by atoms with Gasteiger partial charge in [0.25, 0.3) is 5.91 Å². The number of piperidine rings is 1. The zero-order valence-electron chi connectivity index (χ0n) is 22.7. The van der Waals surface area contributed by atoms with Crippen molar-refractivity contribution in [1.29, 1.82) is 0 Å². The number of carboxylic acid groups (broad SMARTS) is 1. The number of hydrogen-bond donors (Lipinski definition) is 2. The summed E-state index contributed by atoms with van der Waals surface area (Å²) in [7, 11) is -2.28. The zero-order chi connectivity index (χ0) is 28.5. The number of carbonyl (C=O) groups is 2. The second-order valence-corrected chi connectivity index (χ2v) is 16.2. The van der Waals surface area contributed by atoms with Gasteiger partial charge in [-0.25, -0.2) is 14.8 Å². The van der Waals surface area contributed by atoms with Crippen molar-refractivity contribution < 1.29 is 37.0 Å². The number of carbonyl (C=O) groups excluding carboxylic acids is 1. The number of anilines is 1. The van der Waals surface area contributed by atoms with E-state index in [-0.39, 0.29) is 29.5 Å². The molecular weight excluding hydrogens is 523 g/mol. The van der Waals surface area contributed by atoms with Gasteiger partial charge < -0.3 is 29.4 Å². The summed E-state index contributed by atoms with van der Waals surface area (Å²) in [6, 6.07) is -0.707. The molecule has 1 aromatic heterocycles. The largest absolute Gasteiger partial charge is 0.465 e. The van der Waals surface area contributed by atoms with Crippen LogP contribution in [0.25, 0.3) is 0 Å². The Morgan fingerprint density at radius 3 is 2.39 bits per heavy atom. The summed E-state index contributed by atoms with van der Waals surface area (Å²) in [4.78, 5) is 35.6. The van der Waals surface area contributed by atoms with Crippen molar-refractivity contribution in [1.82, 2.24) is 20.2 Å². The van der Waals surface area contributed by atoms with Crippen LogP contribution in [0.2, 0.25) is 18.1 Å². The lowest BCUT2D eigenvalue weighted by molar-refractivity contribution is -0.141. The lowest BCUT2D eigenvalue weighted by atomic mass is 10.0. The molecule has 3 rings (SSSR count). The smallest absolute Gasteiger partial charge is 0.419 e. The molecule has 2 saturated heterocycles. The number of ether oxygens (including phenoxy) is 1. The molecule has 0 bridgehead atoms. The van der Waals surface area contributed by atoms with E-state index in [2.05, 4.69) is 49.1 Å². The molecule has 2 fully saturated rings. The highest BCUT2D eigenvalue weighted by molar-refractivity contribution is 6.74. The van der Waals surface area contributed by atoms with E-state index in [0.29, 0.717) is 32.5 Å². The number of nitrogens with zero attached hydrogens (tertiary/aromatic N) is 4. The summed E-state index contributed by atoms with van der Waals surface area (Å²) >= 11 is 0. The Hall–Kier alpha value is -2.45. The zero-order valence-corrected chi connectivity index (χ0v) is 23.7. The van der Waals surface area contributed by atoms with Gasteiger partial charge in [-0.05, 0) is 31.5 Å². The molecule has 4 atom stereocenters. The van der Waals surface area contributed by atoms with E-state index in [1.807, 2.05) is 4.90 Å². The normalized spacial score (nSPS) is 24.0. The maximum Gasteiger partial charge on any atom is 0.419 e. The van der Waals surface area contributed by atoms with Gasteiger partial charge in [-0.15, -0.1) is 0 Å². The Balaban J connectivity index is 1.76. The maximum atomic E-state index is 13.3. The van der Waals surface area contributed by atoms with Gasteiger partial charge in [0.2, 0.25) is 5.95 Å². The standard InChI is InChI=1S/C24H38F3N5O5Si/c1-15(30-22(34)35)14-36-18-8-10-32(20(18)33)17-7-9-31(13-19(17)37-38(5,6)23(2,3)4)21-28-11-16(12-29-21)24(25,26)27/h11-12,15,17-19,30H,7-10,13-14H2,1-6H3,(H,34,35)/t15?,17-,18?,19+/m1/s1. The SMILES string of the molecule is CC(COC1CCN([C@@H]2CCN(c3ncc(C(F)(F)F)cn3)C[C@@H]2O[Si](C)(C)C(C)(C)C)C1=O)NC(=O)O. The van der Waals surface area contributed by atoms with Crippen LogP contribution in [0.15, 0.2) is 12.4 Å². The van der Waals surface area contributed by atoms with Crippen LogP contribution in [-0.4, -0.2) is 90.8 Å². The van der Waals surface area contributed by atoms with Gasteiger partial charge in [-0.2, -0.15) is 13.2 Å². The lowest BCUT2D eigenvalue weighted by Crippen LogP contribution is -2.60. The van der Waals surface area contributed by atoms with Crippen LogP contribution < -0.4 is 10.2 Å². The van der Waals surface area contributed by atoms with Crippen molar-refractivity contribution in [3.63, 3.8) is 0 Å². The van der Waals surface area contributed by atoms with E-state index in [9.17, 15) is 22.8 Å². The summed E-state index contributed by atoms with van der Waals surface area (Å²) < 4.78 is 51.5. The molecule has 0 aromatic carbocycles. The third kappa shape index (κ3) is 7.14. The van der Waals surface area contributed by atoms with E-state index >= 15 is 0 Å². The first kappa shape index (κ1) is 30.1. The van der Waals surface area contributed by atoms with Crippen LogP contribution in [0.5, 0.6) is 0 Å². The second kappa shape index (κ2) is 11.3. The number of amides is 2. The van der Waals surface area contributed by atoms with Gasteiger partial charge in [-0.1, -0.05) is 20.8 Å². The molecule has 2 N–H and O–H groups in total. The molecule has 38 heavy (non-hydrogen) atoms. The van der Waals surface area contributed by atoms with Crippen molar-refractivity contribution in [2.75, 3.05) is 31.1 Å². The van der Waals surface area contributed by atoms with Crippen LogP contribution in [0.4, 0.5) is 23.9 Å². The van der Waals surface area contributed by atoms with Crippen LogP contribution in [0.3, 0.4) is 0 Å². The Bertz CT molecular complexity index is 989. The molecule has 2 aliphatic rings. The summed E-state index contributed by atoms with van der Waals surface area (Å²) in [5, 5.41) is 11.1. The van der Waals surface area contributed by atoms with Crippen molar-refractivity contribution in [3.05, 3.63) is 18.0 Å². The first-order valence-electron chi connectivity index (χ1n) is 12.7. The number of likely N-dealkylation sites (tertiary alicyclic amines) is 1. The van der Waals surface area contributed by atoms with E-state index in [1.54, 1.807) is 11.8 Å².